The number of nitrogens with zero attached hydrogens (tertiary/aromatic N) is 4. The second-order valence-electron chi connectivity index (χ2n) is 7.30. The van der Waals surface area contributed by atoms with Crippen molar-refractivity contribution in [3.05, 3.63) is 60.1 Å². The second kappa shape index (κ2) is 8.45. The van der Waals surface area contributed by atoms with Gasteiger partial charge >= 0.3 is 0 Å². The number of carbonyl (C=O) groups is 1. The summed E-state index contributed by atoms with van der Waals surface area (Å²) in [7, 11) is 2.13. The number of rotatable bonds is 5. The van der Waals surface area contributed by atoms with Crippen molar-refractivity contribution in [2.75, 3.05) is 43.4 Å². The Morgan fingerprint density at radius 1 is 1.10 bits per heavy atom. The van der Waals surface area contributed by atoms with E-state index in [-0.39, 0.29) is 12.3 Å². The highest BCUT2D eigenvalue weighted by atomic mass is 16.4. The Balaban J connectivity index is 1.37. The fourth-order valence-corrected chi connectivity index (χ4v) is 3.35. The molecule has 7 nitrogen and oxygen atoms in total. The second-order valence-corrected chi connectivity index (χ2v) is 7.30. The van der Waals surface area contributed by atoms with Crippen molar-refractivity contribution in [1.29, 1.82) is 0 Å². The summed E-state index contributed by atoms with van der Waals surface area (Å²) in [6.07, 6.45) is 1.96. The number of hydrogen-bond acceptors (Lipinski definition) is 6. The smallest absolute Gasteiger partial charge is 0.231 e. The maximum atomic E-state index is 12.5. The van der Waals surface area contributed by atoms with Gasteiger partial charge in [0.1, 0.15) is 11.6 Å². The fourth-order valence-electron chi connectivity index (χ4n) is 3.35. The van der Waals surface area contributed by atoms with Crippen molar-refractivity contribution in [3.8, 4) is 11.5 Å². The van der Waals surface area contributed by atoms with Crippen LogP contribution in [0.25, 0.3) is 11.5 Å². The van der Waals surface area contributed by atoms with Crippen molar-refractivity contribution < 1.29 is 9.21 Å². The zero-order chi connectivity index (χ0) is 20.2. The van der Waals surface area contributed by atoms with Crippen LogP contribution >= 0.6 is 0 Å². The molecule has 0 spiro atoms. The first-order valence-corrected chi connectivity index (χ1v) is 9.79. The predicted octanol–water partition coefficient (Wildman–Crippen LogP) is 2.98. The number of anilines is 2. The Hall–Kier alpha value is -3.19. The minimum Gasteiger partial charge on any atom is -0.441 e. The van der Waals surface area contributed by atoms with Gasteiger partial charge in [-0.2, -0.15) is 0 Å². The van der Waals surface area contributed by atoms with E-state index < -0.39 is 0 Å². The van der Waals surface area contributed by atoms with Gasteiger partial charge in [-0.15, -0.1) is 0 Å². The molecule has 0 saturated carbocycles. The van der Waals surface area contributed by atoms with Gasteiger partial charge in [0.2, 0.25) is 11.8 Å². The van der Waals surface area contributed by atoms with Gasteiger partial charge in [0.05, 0.1) is 24.0 Å². The van der Waals surface area contributed by atoms with Crippen LogP contribution in [0.5, 0.6) is 0 Å². The maximum absolute atomic E-state index is 12.5. The molecule has 1 N–H and O–H groups in total. The molecule has 0 radical (unpaired) electrons. The Morgan fingerprint density at radius 2 is 1.86 bits per heavy atom. The Labute approximate surface area is 170 Å². The summed E-state index contributed by atoms with van der Waals surface area (Å²) in [5.74, 6) is 1.55. The van der Waals surface area contributed by atoms with Crippen LogP contribution in [0, 0.1) is 6.92 Å². The molecular weight excluding hydrogens is 366 g/mol. The standard InChI is InChI=1S/C22H25N5O2/c1-16-19(24-22(29-16)17-6-4-3-5-7-17)14-21(28)25-20-9-8-18(15-23-20)27-12-10-26(2)11-13-27/h3-9,15H,10-14H2,1-2H3,(H,23,25,28). The SMILES string of the molecule is Cc1oc(-c2ccccc2)nc1CC(=O)Nc1ccc(N2CCN(C)CC2)cn1. The number of pyridine rings is 1. The Kier molecular flexibility index (Phi) is 5.57. The van der Waals surface area contributed by atoms with Crippen molar-refractivity contribution >= 4 is 17.4 Å². The Bertz CT molecular complexity index is 961. The molecule has 0 aliphatic carbocycles. The van der Waals surface area contributed by atoms with Crippen LogP contribution < -0.4 is 10.2 Å². The number of aromatic nitrogens is 2. The third-order valence-corrected chi connectivity index (χ3v) is 5.13. The molecule has 4 rings (SSSR count). The van der Waals surface area contributed by atoms with E-state index in [0.717, 1.165) is 37.4 Å². The molecule has 1 fully saturated rings. The van der Waals surface area contributed by atoms with Crippen LogP contribution in [0.15, 0.2) is 53.1 Å². The molecule has 0 unspecified atom stereocenters. The van der Waals surface area contributed by atoms with E-state index in [1.165, 1.54) is 0 Å². The fraction of sp³-hybridized carbons (Fsp3) is 0.318. The lowest BCUT2D eigenvalue weighted by Crippen LogP contribution is -2.44. The lowest BCUT2D eigenvalue weighted by atomic mass is 10.2. The van der Waals surface area contributed by atoms with Gasteiger partial charge in [-0.3, -0.25) is 4.79 Å². The molecule has 1 aliphatic rings. The van der Waals surface area contributed by atoms with E-state index in [4.69, 9.17) is 4.42 Å². The van der Waals surface area contributed by atoms with Gasteiger partial charge in [-0.25, -0.2) is 9.97 Å². The van der Waals surface area contributed by atoms with Gasteiger partial charge in [0, 0.05) is 31.7 Å². The number of likely N-dealkylation sites (N-methyl/N-ethyl adjacent to an activating group) is 1. The van der Waals surface area contributed by atoms with E-state index in [9.17, 15) is 4.79 Å². The van der Waals surface area contributed by atoms with E-state index in [0.29, 0.717) is 23.2 Å². The monoisotopic (exact) mass is 391 g/mol. The van der Waals surface area contributed by atoms with Crippen molar-refractivity contribution in [2.45, 2.75) is 13.3 Å². The molecular formula is C22H25N5O2. The summed E-state index contributed by atoms with van der Waals surface area (Å²) in [6.45, 7) is 5.88. The van der Waals surface area contributed by atoms with E-state index in [1.54, 1.807) is 0 Å². The number of aryl methyl sites for hydroxylation is 1. The highest BCUT2D eigenvalue weighted by molar-refractivity contribution is 5.91. The number of carbonyl (C=O) groups excluding carboxylic acids is 1. The number of piperazine rings is 1. The minimum absolute atomic E-state index is 0.143. The van der Waals surface area contributed by atoms with Crippen LogP contribution in [-0.4, -0.2) is 54.0 Å². The number of amides is 1. The highest BCUT2D eigenvalue weighted by Crippen LogP contribution is 2.22. The molecule has 3 aromatic rings. The van der Waals surface area contributed by atoms with Crippen LogP contribution in [0.4, 0.5) is 11.5 Å². The Morgan fingerprint density at radius 3 is 2.55 bits per heavy atom. The molecule has 3 heterocycles. The summed E-state index contributed by atoms with van der Waals surface area (Å²) >= 11 is 0. The lowest BCUT2D eigenvalue weighted by molar-refractivity contribution is -0.115. The number of nitrogens with one attached hydrogen (secondary N) is 1. The van der Waals surface area contributed by atoms with Gasteiger partial charge in [-0.05, 0) is 38.2 Å². The first kappa shape index (κ1) is 19.1. The largest absolute Gasteiger partial charge is 0.441 e. The lowest BCUT2D eigenvalue weighted by Gasteiger charge is -2.33. The normalized spacial score (nSPS) is 14.8. The summed E-state index contributed by atoms with van der Waals surface area (Å²) in [5.41, 5.74) is 2.61. The molecule has 0 bridgehead atoms. The first-order chi connectivity index (χ1) is 14.1. The average Bonchev–Trinajstić information content (AvgIpc) is 3.10. The van der Waals surface area contributed by atoms with Crippen LogP contribution in [-0.2, 0) is 11.2 Å². The third kappa shape index (κ3) is 4.63. The van der Waals surface area contributed by atoms with Crippen molar-refractivity contribution in [1.82, 2.24) is 14.9 Å². The van der Waals surface area contributed by atoms with Crippen molar-refractivity contribution in [3.63, 3.8) is 0 Å². The van der Waals surface area contributed by atoms with Gasteiger partial charge in [0.25, 0.3) is 0 Å². The minimum atomic E-state index is -0.166. The zero-order valence-electron chi connectivity index (χ0n) is 16.8. The average molecular weight is 391 g/mol. The highest BCUT2D eigenvalue weighted by Gasteiger charge is 2.16. The van der Waals surface area contributed by atoms with E-state index >= 15 is 0 Å². The maximum Gasteiger partial charge on any atom is 0.231 e. The first-order valence-electron chi connectivity index (χ1n) is 9.79. The number of oxazole rings is 1. The quantitative estimate of drug-likeness (QED) is 0.721. The predicted molar refractivity (Wildman–Crippen MR) is 113 cm³/mol. The topological polar surface area (TPSA) is 74.5 Å². The van der Waals surface area contributed by atoms with Gasteiger partial charge in [0.15, 0.2) is 0 Å². The molecule has 2 aromatic heterocycles. The van der Waals surface area contributed by atoms with E-state index in [1.807, 2.05) is 55.6 Å². The number of benzene rings is 1. The summed E-state index contributed by atoms with van der Waals surface area (Å²) in [4.78, 5) is 26.0. The molecule has 1 amide bonds. The molecule has 150 valence electrons. The molecule has 1 aliphatic heterocycles. The molecule has 1 saturated heterocycles. The van der Waals surface area contributed by atoms with Crippen LogP contribution in [0.1, 0.15) is 11.5 Å². The molecule has 7 heteroatoms. The molecule has 29 heavy (non-hydrogen) atoms. The molecule has 0 atom stereocenters. The summed E-state index contributed by atoms with van der Waals surface area (Å²) in [5, 5.41) is 2.85. The zero-order valence-corrected chi connectivity index (χ0v) is 16.8. The third-order valence-electron chi connectivity index (χ3n) is 5.13. The van der Waals surface area contributed by atoms with E-state index in [2.05, 4.69) is 32.1 Å². The van der Waals surface area contributed by atoms with Crippen molar-refractivity contribution in [2.24, 2.45) is 0 Å². The van der Waals surface area contributed by atoms with Gasteiger partial charge < -0.3 is 19.5 Å². The van der Waals surface area contributed by atoms with Gasteiger partial charge in [-0.1, -0.05) is 18.2 Å². The summed E-state index contributed by atoms with van der Waals surface area (Å²) in [6, 6.07) is 13.5. The van der Waals surface area contributed by atoms with Crippen LogP contribution in [0.2, 0.25) is 0 Å². The molecule has 1 aromatic carbocycles. The summed E-state index contributed by atoms with van der Waals surface area (Å²) < 4.78 is 5.73. The number of hydrogen-bond donors (Lipinski definition) is 1. The van der Waals surface area contributed by atoms with Crippen LogP contribution in [0.3, 0.4) is 0 Å².